The topological polar surface area (TPSA) is 64.2 Å². The van der Waals surface area contributed by atoms with Gasteiger partial charge in [0.1, 0.15) is 17.3 Å². The van der Waals surface area contributed by atoms with E-state index < -0.39 is 12.3 Å². The number of esters is 1. The van der Waals surface area contributed by atoms with Crippen LogP contribution in [-0.4, -0.2) is 28.9 Å². The summed E-state index contributed by atoms with van der Waals surface area (Å²) in [5, 5.41) is 0. The molecule has 2 aromatic rings. The average Bonchev–Trinajstić information content (AvgIpc) is 2.88. The number of carbonyl (C=O) groups is 1. The molecule has 0 fully saturated rings. The molecule has 1 N–H and O–H groups in total. The summed E-state index contributed by atoms with van der Waals surface area (Å²) in [7, 11) is 0. The number of imidazole rings is 1. The van der Waals surface area contributed by atoms with Crippen molar-refractivity contribution < 1.29 is 27.4 Å². The van der Waals surface area contributed by atoms with Gasteiger partial charge in [-0.2, -0.15) is 0 Å². The zero-order valence-electron chi connectivity index (χ0n) is 11.6. The van der Waals surface area contributed by atoms with Gasteiger partial charge in [0, 0.05) is 12.0 Å². The molecule has 0 saturated carbocycles. The van der Waals surface area contributed by atoms with Crippen LogP contribution in [0.2, 0.25) is 0 Å². The lowest BCUT2D eigenvalue weighted by Gasteiger charge is -2.12. The second kappa shape index (κ2) is 6.50. The fourth-order valence-corrected chi connectivity index (χ4v) is 1.82. The molecule has 0 saturated heterocycles. The Bertz CT molecular complexity index is 653. The monoisotopic (exact) mass is 314 g/mol. The van der Waals surface area contributed by atoms with Crippen LogP contribution in [0, 0.1) is 0 Å². The maximum Gasteiger partial charge on any atom is 0.573 e. The highest BCUT2D eigenvalue weighted by Crippen LogP contribution is 2.27. The molecule has 0 radical (unpaired) electrons. The quantitative estimate of drug-likeness (QED) is 0.862. The van der Waals surface area contributed by atoms with Crippen LogP contribution in [0.4, 0.5) is 13.2 Å². The van der Waals surface area contributed by atoms with Crippen molar-refractivity contribution in [2.75, 3.05) is 6.61 Å². The van der Waals surface area contributed by atoms with E-state index in [1.807, 2.05) is 0 Å². The lowest BCUT2D eigenvalue weighted by atomic mass is 10.1. The molecule has 0 aliphatic rings. The predicted molar refractivity (Wildman–Crippen MR) is 70.5 cm³/mol. The molecule has 1 heterocycles. The number of nitrogens with zero attached hydrogens (tertiary/aromatic N) is 1. The molecule has 0 amide bonds. The summed E-state index contributed by atoms with van der Waals surface area (Å²) >= 11 is 0. The van der Waals surface area contributed by atoms with E-state index in [4.69, 9.17) is 4.74 Å². The molecular formula is C14H13F3N2O3. The molecule has 0 bridgehead atoms. The molecule has 2 rings (SSSR count). The normalized spacial score (nSPS) is 11.3. The first-order valence-corrected chi connectivity index (χ1v) is 6.43. The van der Waals surface area contributed by atoms with Gasteiger partial charge in [0.2, 0.25) is 0 Å². The van der Waals surface area contributed by atoms with Crippen LogP contribution in [-0.2, 0) is 11.2 Å². The number of para-hydroxylation sites is 1. The van der Waals surface area contributed by atoms with E-state index in [2.05, 4.69) is 14.7 Å². The third-order valence-corrected chi connectivity index (χ3v) is 2.68. The molecule has 0 spiro atoms. The van der Waals surface area contributed by atoms with Gasteiger partial charge < -0.3 is 14.5 Å². The lowest BCUT2D eigenvalue weighted by Crippen LogP contribution is -2.18. The number of H-pyrrole nitrogens is 1. The summed E-state index contributed by atoms with van der Waals surface area (Å²) in [4.78, 5) is 18.2. The molecule has 118 valence electrons. The number of aromatic amines is 1. The van der Waals surface area contributed by atoms with E-state index in [9.17, 15) is 18.0 Å². The van der Waals surface area contributed by atoms with Gasteiger partial charge >= 0.3 is 12.3 Å². The van der Waals surface area contributed by atoms with Crippen molar-refractivity contribution in [2.45, 2.75) is 19.7 Å². The standard InChI is InChI=1S/C14H13F3N2O3/c1-2-21-13(20)10-8-18-12(19-10)7-9-5-3-4-6-11(9)22-14(15,16)17/h3-6,8H,2,7H2,1H3,(H,18,19). The number of hydrogen-bond acceptors (Lipinski definition) is 4. The number of hydrogen-bond donors (Lipinski definition) is 1. The third kappa shape index (κ3) is 4.24. The van der Waals surface area contributed by atoms with Crippen LogP contribution in [0.15, 0.2) is 30.5 Å². The molecule has 0 aliphatic carbocycles. The summed E-state index contributed by atoms with van der Waals surface area (Å²) in [6.45, 7) is 1.88. The molecule has 0 aliphatic heterocycles. The molecule has 0 unspecified atom stereocenters. The van der Waals surface area contributed by atoms with Gasteiger partial charge in [0.05, 0.1) is 12.8 Å². The van der Waals surface area contributed by atoms with Gasteiger partial charge in [-0.3, -0.25) is 0 Å². The first kappa shape index (κ1) is 15.9. The smallest absolute Gasteiger partial charge is 0.461 e. The summed E-state index contributed by atoms with van der Waals surface area (Å²) in [5.74, 6) is -0.536. The Kier molecular flexibility index (Phi) is 4.69. The highest BCUT2D eigenvalue weighted by Gasteiger charge is 2.32. The van der Waals surface area contributed by atoms with E-state index in [0.29, 0.717) is 11.4 Å². The zero-order valence-corrected chi connectivity index (χ0v) is 11.6. The van der Waals surface area contributed by atoms with Gasteiger partial charge in [0.25, 0.3) is 0 Å². The van der Waals surface area contributed by atoms with Gasteiger partial charge in [-0.1, -0.05) is 18.2 Å². The number of benzene rings is 1. The van der Waals surface area contributed by atoms with Crippen molar-refractivity contribution >= 4 is 5.97 Å². The Morgan fingerprint density at radius 1 is 1.32 bits per heavy atom. The van der Waals surface area contributed by atoms with E-state index in [0.717, 1.165) is 0 Å². The van der Waals surface area contributed by atoms with Crippen LogP contribution in [0.5, 0.6) is 5.75 Å². The second-order valence-electron chi connectivity index (χ2n) is 4.30. The average molecular weight is 314 g/mol. The molecule has 5 nitrogen and oxygen atoms in total. The Labute approximate surface area is 124 Å². The van der Waals surface area contributed by atoms with Crippen molar-refractivity contribution in [3.05, 3.63) is 47.5 Å². The second-order valence-corrected chi connectivity index (χ2v) is 4.30. The van der Waals surface area contributed by atoms with Crippen LogP contribution in [0.3, 0.4) is 0 Å². The van der Waals surface area contributed by atoms with Crippen molar-refractivity contribution in [3.8, 4) is 5.75 Å². The van der Waals surface area contributed by atoms with Crippen molar-refractivity contribution in [3.63, 3.8) is 0 Å². The summed E-state index contributed by atoms with van der Waals surface area (Å²) in [5.41, 5.74) is 0.440. The minimum atomic E-state index is -4.77. The largest absolute Gasteiger partial charge is 0.573 e. The third-order valence-electron chi connectivity index (χ3n) is 2.68. The summed E-state index contributed by atoms with van der Waals surface area (Å²) in [6.07, 6.45) is -3.43. The number of alkyl halides is 3. The number of halogens is 3. The maximum atomic E-state index is 12.3. The van der Waals surface area contributed by atoms with Crippen molar-refractivity contribution in [1.29, 1.82) is 0 Å². The van der Waals surface area contributed by atoms with E-state index in [1.165, 1.54) is 24.4 Å². The predicted octanol–water partition coefficient (Wildman–Crippen LogP) is 3.08. The lowest BCUT2D eigenvalue weighted by molar-refractivity contribution is -0.274. The zero-order chi connectivity index (χ0) is 16.2. The molecule has 1 aromatic heterocycles. The molecular weight excluding hydrogens is 301 g/mol. The Hall–Kier alpha value is -2.51. The minimum absolute atomic E-state index is 0.0612. The first-order valence-electron chi connectivity index (χ1n) is 6.43. The molecule has 0 atom stereocenters. The highest BCUT2D eigenvalue weighted by molar-refractivity contribution is 5.86. The molecule has 1 aromatic carbocycles. The first-order chi connectivity index (χ1) is 10.4. The van der Waals surface area contributed by atoms with Crippen LogP contribution < -0.4 is 4.74 Å². The minimum Gasteiger partial charge on any atom is -0.461 e. The number of nitrogens with one attached hydrogen (secondary N) is 1. The van der Waals surface area contributed by atoms with Crippen molar-refractivity contribution in [1.82, 2.24) is 9.97 Å². The number of carbonyl (C=O) groups excluding carboxylic acids is 1. The SMILES string of the molecule is CCOC(=O)c1cnc(Cc2ccccc2OC(F)(F)F)[nH]1. The molecule has 22 heavy (non-hydrogen) atoms. The fourth-order valence-electron chi connectivity index (χ4n) is 1.82. The van der Waals surface area contributed by atoms with Crippen LogP contribution in [0.25, 0.3) is 0 Å². The van der Waals surface area contributed by atoms with Gasteiger partial charge in [-0.15, -0.1) is 13.2 Å². The maximum absolute atomic E-state index is 12.3. The Morgan fingerprint density at radius 3 is 2.73 bits per heavy atom. The number of ether oxygens (including phenoxy) is 2. The van der Waals surface area contributed by atoms with Gasteiger partial charge in [-0.05, 0) is 13.0 Å². The number of rotatable bonds is 5. The van der Waals surface area contributed by atoms with E-state index in [1.54, 1.807) is 13.0 Å². The van der Waals surface area contributed by atoms with Crippen LogP contribution >= 0.6 is 0 Å². The van der Waals surface area contributed by atoms with Gasteiger partial charge in [0.15, 0.2) is 0 Å². The van der Waals surface area contributed by atoms with E-state index in [-0.39, 0.29) is 24.5 Å². The Balaban J connectivity index is 2.16. The fraction of sp³-hybridized carbons (Fsp3) is 0.286. The summed E-state index contributed by atoms with van der Waals surface area (Å²) in [6, 6.07) is 5.75. The highest BCUT2D eigenvalue weighted by atomic mass is 19.4. The molecule has 8 heteroatoms. The summed E-state index contributed by atoms with van der Waals surface area (Å²) < 4.78 is 45.8. The number of aromatic nitrogens is 2. The van der Waals surface area contributed by atoms with E-state index >= 15 is 0 Å². The Morgan fingerprint density at radius 2 is 2.05 bits per heavy atom. The van der Waals surface area contributed by atoms with Crippen molar-refractivity contribution in [2.24, 2.45) is 0 Å². The van der Waals surface area contributed by atoms with Gasteiger partial charge in [-0.25, -0.2) is 9.78 Å². The van der Waals surface area contributed by atoms with Crippen LogP contribution in [0.1, 0.15) is 28.8 Å².